The van der Waals surface area contributed by atoms with E-state index in [-0.39, 0.29) is 34.1 Å². The van der Waals surface area contributed by atoms with Crippen LogP contribution >= 0.6 is 23.2 Å². The predicted molar refractivity (Wildman–Crippen MR) is 185 cm³/mol. The van der Waals surface area contributed by atoms with Gasteiger partial charge in [0.1, 0.15) is 28.1 Å². The molecule has 262 valence electrons. The quantitative estimate of drug-likeness (QED) is 0.0968. The Kier molecular flexibility index (Phi) is 11.0. The number of aromatic nitrogens is 1. The normalized spacial score (nSPS) is 19.3. The molecule has 0 amide bonds. The number of hydrogen-bond acceptors (Lipinski definition) is 9. The molecule has 3 aromatic carbocycles. The first kappa shape index (κ1) is 35.3. The molecular formula is C37H36Cl2FN3O7. The minimum atomic E-state index is -1.04. The van der Waals surface area contributed by atoms with E-state index in [1.807, 2.05) is 0 Å². The number of anilines is 1. The summed E-state index contributed by atoms with van der Waals surface area (Å²) in [5.41, 5.74) is 1.93. The Morgan fingerprint density at radius 2 is 1.68 bits per heavy atom. The maximum atomic E-state index is 14.4. The van der Waals surface area contributed by atoms with E-state index in [1.54, 1.807) is 48.5 Å². The molecule has 1 unspecified atom stereocenters. The van der Waals surface area contributed by atoms with Gasteiger partial charge in [0.15, 0.2) is 29.9 Å². The lowest BCUT2D eigenvalue weighted by Gasteiger charge is -2.44. The zero-order valence-corrected chi connectivity index (χ0v) is 29.0. The molecule has 0 spiro atoms. The Labute approximate surface area is 299 Å². The third-order valence-electron chi connectivity index (χ3n) is 9.17. The van der Waals surface area contributed by atoms with Gasteiger partial charge in [0.2, 0.25) is 0 Å². The number of halogens is 3. The lowest BCUT2D eigenvalue weighted by Crippen LogP contribution is -2.52. The number of carbonyl (C=O) groups excluding carboxylic acids is 2. The van der Waals surface area contributed by atoms with Crippen LogP contribution < -0.4 is 19.5 Å². The van der Waals surface area contributed by atoms with E-state index in [0.29, 0.717) is 45.2 Å². The van der Waals surface area contributed by atoms with Crippen LogP contribution in [-0.2, 0) is 20.7 Å². The van der Waals surface area contributed by atoms with Gasteiger partial charge >= 0.3 is 11.9 Å². The lowest BCUT2D eigenvalue weighted by molar-refractivity contribution is -0.605. The number of rotatable bonds is 12. The van der Waals surface area contributed by atoms with Gasteiger partial charge in [-0.2, -0.15) is 4.73 Å². The first-order chi connectivity index (χ1) is 24.1. The summed E-state index contributed by atoms with van der Waals surface area (Å²) < 4.78 is 37.8. The fourth-order valence-electron chi connectivity index (χ4n) is 6.52. The van der Waals surface area contributed by atoms with Crippen LogP contribution in [0.4, 0.5) is 10.1 Å². The molecule has 3 saturated heterocycles. The van der Waals surface area contributed by atoms with Gasteiger partial charge in [-0.3, -0.25) is 4.90 Å². The van der Waals surface area contributed by atoms with Gasteiger partial charge in [-0.25, -0.2) is 14.0 Å². The van der Waals surface area contributed by atoms with Crippen molar-refractivity contribution in [1.82, 2.24) is 4.90 Å². The smallest absolute Gasteiger partial charge is 0.338 e. The molecule has 0 radical (unpaired) electrons. The molecule has 4 aromatic rings. The summed E-state index contributed by atoms with van der Waals surface area (Å²) in [5.74, 6) is -0.543. The summed E-state index contributed by atoms with van der Waals surface area (Å²) in [6.07, 6.45) is 3.13. The average Bonchev–Trinajstić information content (AvgIpc) is 3.11. The first-order valence-electron chi connectivity index (χ1n) is 16.2. The molecule has 50 heavy (non-hydrogen) atoms. The predicted octanol–water partition coefficient (Wildman–Crippen LogP) is 6.71. The largest absolute Gasteiger partial charge is 0.619 e. The highest BCUT2D eigenvalue weighted by molar-refractivity contribution is 6.35. The van der Waals surface area contributed by atoms with Crippen molar-refractivity contribution in [3.8, 4) is 11.5 Å². The van der Waals surface area contributed by atoms with E-state index in [4.69, 9.17) is 42.1 Å². The maximum Gasteiger partial charge on any atom is 0.338 e. The second-order valence-electron chi connectivity index (χ2n) is 12.3. The van der Waals surface area contributed by atoms with Gasteiger partial charge in [0.25, 0.3) is 0 Å². The molecule has 0 aliphatic carbocycles. The van der Waals surface area contributed by atoms with E-state index in [1.165, 1.54) is 44.8 Å². The summed E-state index contributed by atoms with van der Waals surface area (Å²) in [7, 11) is 3.00. The Bertz CT molecular complexity index is 1850. The lowest BCUT2D eigenvalue weighted by atomic mass is 9.86. The number of carbonyl (C=O) groups is 2. The Morgan fingerprint density at radius 1 is 0.960 bits per heavy atom. The summed E-state index contributed by atoms with van der Waals surface area (Å²) in [5, 5.41) is 15.3. The van der Waals surface area contributed by atoms with Crippen molar-refractivity contribution in [2.75, 3.05) is 39.2 Å². The molecule has 1 N–H and O–H groups in total. The molecule has 1 aromatic heterocycles. The Balaban J connectivity index is 1.26. The molecule has 3 aliphatic heterocycles. The summed E-state index contributed by atoms with van der Waals surface area (Å²) >= 11 is 12.8. The van der Waals surface area contributed by atoms with Gasteiger partial charge in [0.05, 0.1) is 19.8 Å². The van der Waals surface area contributed by atoms with Gasteiger partial charge in [-0.15, -0.1) is 0 Å². The van der Waals surface area contributed by atoms with Crippen molar-refractivity contribution in [1.29, 1.82) is 0 Å². The second kappa shape index (κ2) is 15.5. The fraction of sp³-hybridized carbons (Fsp3) is 0.324. The van der Waals surface area contributed by atoms with Crippen molar-refractivity contribution < 1.29 is 37.7 Å². The standard InChI is InChI=1S/C37H36Cl2FN3O7/c1-47-31-10-9-23(17-33(31)48-2)32(18-28-29(38)19-43(46)20-30(28)39)49-36(44)25-6-4-8-27(16-25)41-35(24-5-3-7-26(40)15-24)37(45)50-34-21-42-13-11-22(34)12-14-42/h3-10,15-17,19-20,22,32,34-35,41H,11-14,18,21H2,1-2H3/t32-,34-,35?/m0/s1. The number of methoxy groups -OCH3 is 2. The zero-order valence-electron chi connectivity index (χ0n) is 27.4. The Morgan fingerprint density at radius 3 is 2.34 bits per heavy atom. The van der Waals surface area contributed by atoms with Crippen LogP contribution in [0.5, 0.6) is 11.5 Å². The molecule has 7 rings (SSSR count). The average molecular weight is 725 g/mol. The number of hydrogen-bond donors (Lipinski definition) is 1. The van der Waals surface area contributed by atoms with Crippen molar-refractivity contribution in [2.45, 2.75) is 37.5 Å². The van der Waals surface area contributed by atoms with Crippen molar-refractivity contribution in [3.05, 3.63) is 122 Å². The van der Waals surface area contributed by atoms with E-state index < -0.39 is 29.9 Å². The number of ether oxygens (including phenoxy) is 4. The minimum absolute atomic E-state index is 0.0325. The van der Waals surface area contributed by atoms with E-state index in [0.717, 1.165) is 25.9 Å². The number of esters is 2. The van der Waals surface area contributed by atoms with Crippen molar-refractivity contribution in [2.24, 2.45) is 5.92 Å². The van der Waals surface area contributed by atoms with Gasteiger partial charge < -0.3 is 29.5 Å². The molecule has 0 saturated carbocycles. The molecule has 10 nitrogen and oxygen atoms in total. The van der Waals surface area contributed by atoms with Crippen LogP contribution in [0, 0.1) is 16.9 Å². The SMILES string of the molecule is COc1ccc([C@H](Cc2c(Cl)c[n+]([O-])cc2Cl)OC(=O)c2cccc(NC(C(=O)O[C@H]3CN4CCC3CC4)c3cccc(F)c3)c2)cc1OC. The Hall–Kier alpha value is -4.58. The van der Waals surface area contributed by atoms with Crippen LogP contribution in [0.1, 0.15) is 52.0 Å². The molecule has 4 heterocycles. The van der Waals surface area contributed by atoms with Crippen LogP contribution in [-0.4, -0.2) is 56.8 Å². The molecule has 3 fully saturated rings. The number of nitrogens with one attached hydrogen (secondary N) is 1. The van der Waals surface area contributed by atoms with E-state index in [2.05, 4.69) is 10.2 Å². The number of fused-ring (bicyclic) bond motifs is 3. The van der Waals surface area contributed by atoms with Crippen LogP contribution in [0.15, 0.2) is 79.1 Å². The van der Waals surface area contributed by atoms with Crippen LogP contribution in [0.25, 0.3) is 0 Å². The molecule has 3 atom stereocenters. The van der Waals surface area contributed by atoms with E-state index in [9.17, 15) is 19.2 Å². The fourth-order valence-corrected chi connectivity index (χ4v) is 7.12. The monoisotopic (exact) mass is 723 g/mol. The zero-order chi connectivity index (χ0) is 35.4. The summed E-state index contributed by atoms with van der Waals surface area (Å²) in [4.78, 5) is 29.7. The summed E-state index contributed by atoms with van der Waals surface area (Å²) in [6, 6.07) is 16.3. The van der Waals surface area contributed by atoms with Gasteiger partial charge in [-0.05, 0) is 85.4 Å². The highest BCUT2D eigenvalue weighted by Gasteiger charge is 2.38. The number of benzene rings is 3. The molecular weight excluding hydrogens is 688 g/mol. The first-order valence-corrected chi connectivity index (χ1v) is 16.9. The topological polar surface area (TPSA) is 113 Å². The number of pyridine rings is 1. The number of nitrogens with zero attached hydrogens (tertiary/aromatic N) is 2. The highest BCUT2D eigenvalue weighted by Crippen LogP contribution is 2.36. The van der Waals surface area contributed by atoms with Gasteiger partial charge in [0, 0.05) is 24.2 Å². The van der Waals surface area contributed by atoms with Gasteiger partial charge in [-0.1, -0.05) is 47.5 Å². The molecule has 2 bridgehead atoms. The molecule has 3 aliphatic rings. The summed E-state index contributed by atoms with van der Waals surface area (Å²) in [6.45, 7) is 2.66. The van der Waals surface area contributed by atoms with Crippen molar-refractivity contribution in [3.63, 3.8) is 0 Å². The second-order valence-corrected chi connectivity index (χ2v) is 13.1. The van der Waals surface area contributed by atoms with Crippen molar-refractivity contribution >= 4 is 40.8 Å². The molecule has 13 heteroatoms. The van der Waals surface area contributed by atoms with E-state index >= 15 is 0 Å². The minimum Gasteiger partial charge on any atom is -0.619 e. The maximum absolute atomic E-state index is 14.4. The third-order valence-corrected chi connectivity index (χ3v) is 9.82. The number of piperidine rings is 3. The van der Waals surface area contributed by atoms with Crippen LogP contribution in [0.3, 0.4) is 0 Å². The highest BCUT2D eigenvalue weighted by atomic mass is 35.5. The third kappa shape index (κ3) is 8.07. The van der Waals surface area contributed by atoms with Crippen LogP contribution in [0.2, 0.25) is 10.0 Å².